The van der Waals surface area contributed by atoms with Crippen LogP contribution in [-0.4, -0.2) is 17.2 Å². The Morgan fingerprint density at radius 1 is 1.69 bits per heavy atom. The Morgan fingerprint density at radius 2 is 2.38 bits per heavy atom. The molecule has 0 heterocycles. The summed E-state index contributed by atoms with van der Waals surface area (Å²) in [5.74, 6) is 0.251. The Labute approximate surface area is 92.9 Å². The molecular weight excluding hydrogens is 211 g/mol. The summed E-state index contributed by atoms with van der Waals surface area (Å²) in [7, 11) is 0. The van der Waals surface area contributed by atoms with Crippen LogP contribution in [0.15, 0.2) is 18.2 Å². The van der Waals surface area contributed by atoms with Gasteiger partial charge < -0.3 is 9.84 Å². The number of aromatic carboxylic acids is 1. The predicted molar refractivity (Wildman–Crippen MR) is 56.4 cm³/mol. The van der Waals surface area contributed by atoms with Gasteiger partial charge in [-0.15, -0.1) is 6.42 Å². The molecule has 1 atom stereocenters. The minimum absolute atomic E-state index is 0.0433. The van der Waals surface area contributed by atoms with Crippen molar-refractivity contribution in [2.24, 2.45) is 0 Å². The summed E-state index contributed by atoms with van der Waals surface area (Å²) in [6.07, 6.45) is 4.65. The molecular formula is C12H11FO3. The molecule has 1 unspecified atom stereocenters. The Bertz CT molecular complexity index is 434. The van der Waals surface area contributed by atoms with E-state index in [2.05, 4.69) is 5.92 Å². The van der Waals surface area contributed by atoms with E-state index in [1.54, 1.807) is 6.92 Å². The van der Waals surface area contributed by atoms with Crippen LogP contribution in [0.2, 0.25) is 0 Å². The Balaban J connectivity index is 2.86. The zero-order valence-corrected chi connectivity index (χ0v) is 8.74. The van der Waals surface area contributed by atoms with Crippen molar-refractivity contribution in [3.63, 3.8) is 0 Å². The first-order chi connectivity index (χ1) is 7.56. The molecule has 0 saturated carbocycles. The molecule has 1 aromatic rings. The van der Waals surface area contributed by atoms with Crippen molar-refractivity contribution < 1.29 is 19.0 Å². The molecule has 1 rings (SSSR count). The standard InChI is InChI=1S/C12H11FO3/c1-3-8(2)16-7-9-5-4-6-10(11(9)13)12(14)15/h1,4-6,8H,7H2,2H3,(H,14,15). The lowest BCUT2D eigenvalue weighted by atomic mass is 10.1. The molecule has 16 heavy (non-hydrogen) atoms. The number of ether oxygens (including phenoxy) is 1. The predicted octanol–water partition coefficient (Wildman–Crippen LogP) is 2.06. The maximum Gasteiger partial charge on any atom is 0.338 e. The van der Waals surface area contributed by atoms with E-state index in [0.717, 1.165) is 0 Å². The second kappa shape index (κ2) is 5.29. The van der Waals surface area contributed by atoms with Crippen molar-refractivity contribution in [1.82, 2.24) is 0 Å². The molecule has 3 nitrogen and oxygen atoms in total. The SMILES string of the molecule is C#CC(C)OCc1cccc(C(=O)O)c1F. The quantitative estimate of drug-likeness (QED) is 0.793. The number of rotatable bonds is 4. The van der Waals surface area contributed by atoms with E-state index in [-0.39, 0.29) is 17.7 Å². The average Bonchev–Trinajstić information content (AvgIpc) is 2.26. The lowest BCUT2D eigenvalue weighted by Gasteiger charge is -2.08. The average molecular weight is 222 g/mol. The minimum atomic E-state index is -1.30. The minimum Gasteiger partial charge on any atom is -0.478 e. The molecule has 84 valence electrons. The van der Waals surface area contributed by atoms with Gasteiger partial charge in [0.25, 0.3) is 0 Å². The number of carboxylic acid groups (broad SMARTS) is 1. The maximum absolute atomic E-state index is 13.6. The number of halogens is 1. The van der Waals surface area contributed by atoms with Crippen molar-refractivity contribution >= 4 is 5.97 Å². The molecule has 0 fully saturated rings. The molecule has 1 aromatic carbocycles. The van der Waals surface area contributed by atoms with Crippen molar-refractivity contribution in [2.75, 3.05) is 0 Å². The summed E-state index contributed by atoms with van der Waals surface area (Å²) in [6, 6.07) is 4.13. The van der Waals surface area contributed by atoms with E-state index in [1.807, 2.05) is 0 Å². The van der Waals surface area contributed by atoms with Crippen molar-refractivity contribution in [3.05, 3.63) is 35.1 Å². The number of carboxylic acids is 1. The van der Waals surface area contributed by atoms with Gasteiger partial charge in [-0.2, -0.15) is 0 Å². The third-order valence-electron chi connectivity index (χ3n) is 2.03. The summed E-state index contributed by atoms with van der Waals surface area (Å²) < 4.78 is 18.7. The maximum atomic E-state index is 13.6. The van der Waals surface area contributed by atoms with Crippen LogP contribution in [0.3, 0.4) is 0 Å². The Hall–Kier alpha value is -1.86. The highest BCUT2D eigenvalue weighted by Crippen LogP contribution is 2.14. The smallest absolute Gasteiger partial charge is 0.338 e. The fraction of sp³-hybridized carbons (Fsp3) is 0.250. The van der Waals surface area contributed by atoms with Crippen LogP contribution < -0.4 is 0 Å². The van der Waals surface area contributed by atoms with Gasteiger partial charge in [-0.25, -0.2) is 9.18 Å². The number of hydrogen-bond acceptors (Lipinski definition) is 2. The molecule has 0 saturated heterocycles. The zero-order valence-electron chi connectivity index (χ0n) is 8.74. The van der Waals surface area contributed by atoms with E-state index in [9.17, 15) is 9.18 Å². The van der Waals surface area contributed by atoms with Gasteiger partial charge in [-0.1, -0.05) is 18.1 Å². The molecule has 1 N–H and O–H groups in total. The van der Waals surface area contributed by atoms with Gasteiger partial charge in [-0.3, -0.25) is 0 Å². The molecule has 0 aliphatic heterocycles. The third kappa shape index (κ3) is 2.81. The fourth-order valence-electron chi connectivity index (χ4n) is 1.12. The van der Waals surface area contributed by atoms with Gasteiger partial charge in [0, 0.05) is 5.56 Å². The molecule has 0 aliphatic carbocycles. The summed E-state index contributed by atoms with van der Waals surface area (Å²) >= 11 is 0. The largest absolute Gasteiger partial charge is 0.478 e. The molecule has 0 aliphatic rings. The van der Waals surface area contributed by atoms with E-state index in [4.69, 9.17) is 16.3 Å². The van der Waals surface area contributed by atoms with E-state index >= 15 is 0 Å². The van der Waals surface area contributed by atoms with Crippen molar-refractivity contribution in [3.8, 4) is 12.3 Å². The highest BCUT2D eigenvalue weighted by atomic mass is 19.1. The molecule has 0 aromatic heterocycles. The topological polar surface area (TPSA) is 46.5 Å². The van der Waals surface area contributed by atoms with Crippen LogP contribution in [0.4, 0.5) is 4.39 Å². The van der Waals surface area contributed by atoms with Crippen LogP contribution in [0.25, 0.3) is 0 Å². The van der Waals surface area contributed by atoms with E-state index in [1.165, 1.54) is 18.2 Å². The van der Waals surface area contributed by atoms with E-state index < -0.39 is 17.9 Å². The number of hydrogen-bond donors (Lipinski definition) is 1. The van der Waals surface area contributed by atoms with Crippen molar-refractivity contribution in [1.29, 1.82) is 0 Å². The van der Waals surface area contributed by atoms with Crippen LogP contribution in [0.5, 0.6) is 0 Å². The normalized spacial score (nSPS) is 11.8. The van der Waals surface area contributed by atoms with Crippen LogP contribution in [0.1, 0.15) is 22.8 Å². The highest BCUT2D eigenvalue weighted by molar-refractivity contribution is 5.88. The number of terminal acetylenes is 1. The summed E-state index contributed by atoms with van der Waals surface area (Å²) in [6.45, 7) is 1.61. The molecule has 0 spiro atoms. The second-order valence-corrected chi connectivity index (χ2v) is 3.20. The van der Waals surface area contributed by atoms with Gasteiger partial charge in [0.05, 0.1) is 12.2 Å². The first-order valence-electron chi connectivity index (χ1n) is 4.64. The van der Waals surface area contributed by atoms with Crippen LogP contribution in [-0.2, 0) is 11.3 Å². The third-order valence-corrected chi connectivity index (χ3v) is 2.03. The lowest BCUT2D eigenvalue weighted by Crippen LogP contribution is -2.08. The highest BCUT2D eigenvalue weighted by Gasteiger charge is 2.13. The van der Waals surface area contributed by atoms with Gasteiger partial charge in [0.1, 0.15) is 11.9 Å². The number of carbonyl (C=O) groups is 1. The van der Waals surface area contributed by atoms with Crippen LogP contribution in [0, 0.1) is 18.2 Å². The van der Waals surface area contributed by atoms with E-state index in [0.29, 0.717) is 0 Å². The van der Waals surface area contributed by atoms with Gasteiger partial charge in [-0.05, 0) is 13.0 Å². The molecule has 4 heteroatoms. The lowest BCUT2D eigenvalue weighted by molar-refractivity contribution is 0.0688. The molecule has 0 amide bonds. The zero-order chi connectivity index (χ0) is 12.1. The van der Waals surface area contributed by atoms with Gasteiger partial charge >= 0.3 is 5.97 Å². The molecule has 0 radical (unpaired) electrons. The first-order valence-corrected chi connectivity index (χ1v) is 4.64. The summed E-state index contributed by atoms with van der Waals surface area (Å²) in [5.41, 5.74) is -0.184. The van der Waals surface area contributed by atoms with Gasteiger partial charge in [0.2, 0.25) is 0 Å². The number of benzene rings is 1. The summed E-state index contributed by atoms with van der Waals surface area (Å²) in [4.78, 5) is 10.7. The monoisotopic (exact) mass is 222 g/mol. The first kappa shape index (κ1) is 12.2. The Morgan fingerprint density at radius 3 is 2.94 bits per heavy atom. The Kier molecular flexibility index (Phi) is 4.03. The molecule has 0 bridgehead atoms. The van der Waals surface area contributed by atoms with Gasteiger partial charge in [0.15, 0.2) is 0 Å². The summed E-state index contributed by atoms with van der Waals surface area (Å²) in [5, 5.41) is 8.70. The van der Waals surface area contributed by atoms with Crippen LogP contribution >= 0.6 is 0 Å². The second-order valence-electron chi connectivity index (χ2n) is 3.20. The van der Waals surface area contributed by atoms with Crippen molar-refractivity contribution in [2.45, 2.75) is 19.6 Å². The fourth-order valence-corrected chi connectivity index (χ4v) is 1.12.